The molecular weight excluding hydrogens is 274 g/mol. The first kappa shape index (κ1) is 15.1. The molecule has 0 spiro atoms. The quantitative estimate of drug-likeness (QED) is 0.942. The van der Waals surface area contributed by atoms with Crippen LogP contribution in [0.25, 0.3) is 10.9 Å². The number of benzene rings is 1. The maximum Gasteiger partial charge on any atom is 0.222 e. The van der Waals surface area contributed by atoms with Crippen LogP contribution in [0.15, 0.2) is 30.5 Å². The van der Waals surface area contributed by atoms with Crippen molar-refractivity contribution in [1.82, 2.24) is 14.8 Å². The highest BCUT2D eigenvalue weighted by Crippen LogP contribution is 2.18. The molecule has 0 radical (unpaired) electrons. The lowest BCUT2D eigenvalue weighted by Gasteiger charge is -2.35. The van der Waals surface area contributed by atoms with E-state index in [2.05, 4.69) is 41.2 Å². The molecule has 1 aliphatic rings. The highest BCUT2D eigenvalue weighted by molar-refractivity contribution is 5.80. The van der Waals surface area contributed by atoms with Crippen LogP contribution in [0, 0.1) is 0 Å². The summed E-state index contributed by atoms with van der Waals surface area (Å²) in [5, 5.41) is 1.22. The van der Waals surface area contributed by atoms with Crippen molar-refractivity contribution in [3.8, 4) is 0 Å². The highest BCUT2D eigenvalue weighted by Gasteiger charge is 2.23. The number of amides is 1. The number of aromatic amines is 1. The molecule has 2 heterocycles. The average Bonchev–Trinajstić information content (AvgIpc) is 3.00. The summed E-state index contributed by atoms with van der Waals surface area (Å²) >= 11 is 0. The van der Waals surface area contributed by atoms with E-state index in [1.54, 1.807) is 0 Å². The number of H-pyrrole nitrogens is 1. The molecule has 3 rings (SSSR count). The number of piperidine rings is 1. The van der Waals surface area contributed by atoms with Crippen LogP contribution in [0.4, 0.5) is 0 Å². The van der Waals surface area contributed by atoms with Crippen LogP contribution in [0.1, 0.15) is 24.8 Å². The van der Waals surface area contributed by atoms with E-state index in [-0.39, 0.29) is 5.91 Å². The van der Waals surface area contributed by atoms with Gasteiger partial charge in [0.15, 0.2) is 0 Å². The van der Waals surface area contributed by atoms with Crippen LogP contribution in [-0.2, 0) is 11.2 Å². The molecule has 1 N–H and O–H groups in total. The second-order valence-corrected chi connectivity index (χ2v) is 6.44. The van der Waals surface area contributed by atoms with Crippen LogP contribution < -0.4 is 0 Å². The van der Waals surface area contributed by atoms with Gasteiger partial charge in [0.1, 0.15) is 0 Å². The first-order chi connectivity index (χ1) is 10.6. The Balaban J connectivity index is 1.54. The number of aryl methyl sites for hydroxylation is 1. The summed E-state index contributed by atoms with van der Waals surface area (Å²) in [6.45, 7) is 2.18. The van der Waals surface area contributed by atoms with Crippen molar-refractivity contribution in [2.24, 2.45) is 0 Å². The van der Waals surface area contributed by atoms with Crippen LogP contribution in [-0.4, -0.2) is 53.9 Å². The SMILES string of the molecule is CN1CCC(N(C)C(=O)CCc2ccc3[nH]ccc3c2)CC1. The van der Waals surface area contributed by atoms with E-state index in [1.165, 1.54) is 10.9 Å². The molecule has 0 aliphatic carbocycles. The Bertz CT molecular complexity index is 641. The number of nitrogens with one attached hydrogen (secondary N) is 1. The number of rotatable bonds is 4. The minimum atomic E-state index is 0.267. The smallest absolute Gasteiger partial charge is 0.222 e. The van der Waals surface area contributed by atoms with Gasteiger partial charge in [0.2, 0.25) is 5.91 Å². The van der Waals surface area contributed by atoms with Gasteiger partial charge in [-0.3, -0.25) is 4.79 Å². The minimum absolute atomic E-state index is 0.267. The molecule has 1 aromatic heterocycles. The van der Waals surface area contributed by atoms with Gasteiger partial charge < -0.3 is 14.8 Å². The summed E-state index contributed by atoms with van der Waals surface area (Å²) in [4.78, 5) is 19.9. The van der Waals surface area contributed by atoms with Gasteiger partial charge in [-0.25, -0.2) is 0 Å². The number of likely N-dealkylation sites (tertiary alicyclic amines) is 1. The van der Waals surface area contributed by atoms with Gasteiger partial charge >= 0.3 is 0 Å². The van der Waals surface area contributed by atoms with Gasteiger partial charge in [-0.15, -0.1) is 0 Å². The molecule has 1 aromatic carbocycles. The Morgan fingerprint density at radius 2 is 2.09 bits per heavy atom. The summed E-state index contributed by atoms with van der Waals surface area (Å²) in [5.74, 6) is 0.267. The van der Waals surface area contributed by atoms with E-state index in [0.29, 0.717) is 12.5 Å². The van der Waals surface area contributed by atoms with Gasteiger partial charge in [-0.1, -0.05) is 6.07 Å². The van der Waals surface area contributed by atoms with Gasteiger partial charge in [0, 0.05) is 31.2 Å². The Kier molecular flexibility index (Phi) is 4.48. The largest absolute Gasteiger partial charge is 0.361 e. The summed E-state index contributed by atoms with van der Waals surface area (Å²) in [6.07, 6.45) is 5.55. The van der Waals surface area contributed by atoms with Crippen LogP contribution in [0.5, 0.6) is 0 Å². The predicted octanol–water partition coefficient (Wildman–Crippen LogP) is 2.65. The van der Waals surface area contributed by atoms with Crippen molar-refractivity contribution in [3.63, 3.8) is 0 Å². The van der Waals surface area contributed by atoms with E-state index < -0.39 is 0 Å². The van der Waals surface area contributed by atoms with Crippen molar-refractivity contribution >= 4 is 16.8 Å². The maximum atomic E-state index is 12.4. The predicted molar refractivity (Wildman–Crippen MR) is 89.9 cm³/mol. The Hall–Kier alpha value is -1.81. The fraction of sp³-hybridized carbons (Fsp3) is 0.500. The molecule has 0 bridgehead atoms. The fourth-order valence-corrected chi connectivity index (χ4v) is 3.27. The third kappa shape index (κ3) is 3.33. The average molecular weight is 299 g/mol. The molecule has 1 saturated heterocycles. The molecule has 2 aromatic rings. The molecule has 0 saturated carbocycles. The first-order valence-corrected chi connectivity index (χ1v) is 8.14. The Labute approximate surface area is 132 Å². The maximum absolute atomic E-state index is 12.4. The molecular formula is C18H25N3O. The van der Waals surface area contributed by atoms with E-state index in [9.17, 15) is 4.79 Å². The molecule has 0 atom stereocenters. The van der Waals surface area contributed by atoms with Crippen LogP contribution in [0.2, 0.25) is 0 Å². The van der Waals surface area contributed by atoms with Crippen molar-refractivity contribution < 1.29 is 4.79 Å². The zero-order chi connectivity index (χ0) is 15.5. The third-order valence-corrected chi connectivity index (χ3v) is 4.87. The lowest BCUT2D eigenvalue weighted by Crippen LogP contribution is -2.44. The van der Waals surface area contributed by atoms with Gasteiger partial charge in [0.25, 0.3) is 0 Å². The normalized spacial score (nSPS) is 17.0. The molecule has 1 amide bonds. The second kappa shape index (κ2) is 6.53. The number of fused-ring (bicyclic) bond motifs is 1. The summed E-state index contributed by atoms with van der Waals surface area (Å²) in [6, 6.07) is 8.87. The molecule has 1 aliphatic heterocycles. The topological polar surface area (TPSA) is 39.3 Å². The Morgan fingerprint density at radius 1 is 1.32 bits per heavy atom. The van der Waals surface area contributed by atoms with Crippen LogP contribution >= 0.6 is 0 Å². The standard InChI is InChI=1S/C18H25N3O/c1-20-11-8-16(9-12-20)21(2)18(22)6-4-14-3-5-17-15(13-14)7-10-19-17/h3,5,7,10,13,16,19H,4,6,8-9,11-12H2,1-2H3. The molecule has 4 nitrogen and oxygen atoms in total. The molecule has 22 heavy (non-hydrogen) atoms. The third-order valence-electron chi connectivity index (χ3n) is 4.87. The van der Waals surface area contributed by atoms with E-state index >= 15 is 0 Å². The number of hydrogen-bond donors (Lipinski definition) is 1. The number of aromatic nitrogens is 1. The van der Waals surface area contributed by atoms with Crippen molar-refractivity contribution in [1.29, 1.82) is 0 Å². The monoisotopic (exact) mass is 299 g/mol. The van der Waals surface area contributed by atoms with Crippen molar-refractivity contribution in [2.75, 3.05) is 27.2 Å². The van der Waals surface area contributed by atoms with E-state index in [0.717, 1.165) is 37.9 Å². The zero-order valence-corrected chi connectivity index (χ0v) is 13.5. The van der Waals surface area contributed by atoms with Crippen molar-refractivity contribution in [3.05, 3.63) is 36.0 Å². The summed E-state index contributed by atoms with van der Waals surface area (Å²) in [5.41, 5.74) is 2.38. The molecule has 1 fully saturated rings. The highest BCUT2D eigenvalue weighted by atomic mass is 16.2. The lowest BCUT2D eigenvalue weighted by molar-refractivity contribution is -0.132. The van der Waals surface area contributed by atoms with Gasteiger partial charge in [-0.2, -0.15) is 0 Å². The zero-order valence-electron chi connectivity index (χ0n) is 13.5. The molecule has 0 unspecified atom stereocenters. The number of hydrogen-bond acceptors (Lipinski definition) is 2. The summed E-state index contributed by atoms with van der Waals surface area (Å²) in [7, 11) is 4.11. The van der Waals surface area contributed by atoms with Gasteiger partial charge in [-0.05, 0) is 68.5 Å². The fourth-order valence-electron chi connectivity index (χ4n) is 3.27. The Morgan fingerprint density at radius 3 is 2.86 bits per heavy atom. The second-order valence-electron chi connectivity index (χ2n) is 6.44. The molecule has 118 valence electrons. The lowest BCUT2D eigenvalue weighted by atomic mass is 10.0. The van der Waals surface area contributed by atoms with Crippen molar-refractivity contribution in [2.45, 2.75) is 31.7 Å². The number of carbonyl (C=O) groups is 1. The van der Waals surface area contributed by atoms with Gasteiger partial charge in [0.05, 0.1) is 0 Å². The minimum Gasteiger partial charge on any atom is -0.361 e. The first-order valence-electron chi connectivity index (χ1n) is 8.14. The number of carbonyl (C=O) groups excluding carboxylic acids is 1. The van der Waals surface area contributed by atoms with E-state index in [4.69, 9.17) is 0 Å². The number of nitrogens with zero attached hydrogens (tertiary/aromatic N) is 2. The van der Waals surface area contributed by atoms with E-state index in [1.807, 2.05) is 18.1 Å². The molecule has 4 heteroatoms. The summed E-state index contributed by atoms with van der Waals surface area (Å²) < 4.78 is 0. The van der Waals surface area contributed by atoms with Crippen LogP contribution in [0.3, 0.4) is 0 Å².